The predicted molar refractivity (Wildman–Crippen MR) is 54.2 cm³/mol. The van der Waals surface area contributed by atoms with Crippen molar-refractivity contribution in [3.8, 4) is 0 Å². The molecule has 3 fully saturated rings. The lowest BCUT2D eigenvalue weighted by atomic mass is 10.0. The monoisotopic (exact) mass is 183 g/mol. The van der Waals surface area contributed by atoms with Crippen molar-refractivity contribution in [1.29, 1.82) is 0 Å². The molecule has 3 heteroatoms. The van der Waals surface area contributed by atoms with E-state index in [-0.39, 0.29) is 0 Å². The fourth-order valence-electron chi connectivity index (χ4n) is 2.31. The minimum atomic E-state index is 0.715. The van der Waals surface area contributed by atoms with Crippen molar-refractivity contribution >= 4 is 0 Å². The van der Waals surface area contributed by atoms with Gasteiger partial charge in [-0.1, -0.05) is 19.8 Å². The second kappa shape index (κ2) is 3.95. The number of nitrogens with zero attached hydrogens (tertiary/aromatic N) is 2. The zero-order valence-corrected chi connectivity index (χ0v) is 8.79. The first-order chi connectivity index (χ1) is 6.31. The molecule has 0 aliphatic carbocycles. The molecule has 3 nitrogen and oxygen atoms in total. The third-order valence-electron chi connectivity index (χ3n) is 3.26. The first-order valence-corrected chi connectivity index (χ1v) is 5.55. The normalized spacial score (nSPS) is 35.5. The van der Waals surface area contributed by atoms with Crippen LogP contribution in [-0.4, -0.2) is 41.8 Å². The zero-order valence-electron chi connectivity index (χ0n) is 8.79. The lowest BCUT2D eigenvalue weighted by Gasteiger charge is -2.53. The number of hydrazine groups is 1. The molecule has 0 aromatic carbocycles. The lowest BCUT2D eigenvalue weighted by molar-refractivity contribution is -0.0979. The molecule has 1 unspecified atom stereocenters. The van der Waals surface area contributed by atoms with Gasteiger partial charge >= 0.3 is 0 Å². The smallest absolute Gasteiger partial charge is 0.0618 e. The summed E-state index contributed by atoms with van der Waals surface area (Å²) in [5.41, 5.74) is 3.49. The second-order valence-corrected chi connectivity index (χ2v) is 4.40. The summed E-state index contributed by atoms with van der Waals surface area (Å²) in [7, 11) is 0. The van der Waals surface area contributed by atoms with E-state index < -0.39 is 0 Å². The average molecular weight is 183 g/mol. The largest absolute Gasteiger partial charge is 0.286 e. The molecule has 3 rings (SSSR count). The Morgan fingerprint density at radius 3 is 2.77 bits per heavy atom. The van der Waals surface area contributed by atoms with Crippen LogP contribution >= 0.6 is 0 Å². The minimum Gasteiger partial charge on any atom is -0.286 e. The summed E-state index contributed by atoms with van der Waals surface area (Å²) in [5, 5.41) is 2.48. The van der Waals surface area contributed by atoms with E-state index in [9.17, 15) is 0 Å². The minimum absolute atomic E-state index is 0.715. The maximum absolute atomic E-state index is 3.49. The van der Waals surface area contributed by atoms with Gasteiger partial charge in [0.05, 0.1) is 12.7 Å². The Morgan fingerprint density at radius 2 is 2.23 bits per heavy atom. The molecule has 0 radical (unpaired) electrons. The van der Waals surface area contributed by atoms with Crippen LogP contribution in [-0.2, 0) is 0 Å². The molecule has 0 amide bonds. The number of hydrogen-bond donors (Lipinski definition) is 1. The van der Waals surface area contributed by atoms with Crippen LogP contribution in [0.25, 0.3) is 0 Å². The van der Waals surface area contributed by atoms with E-state index in [0.717, 1.165) is 12.7 Å². The van der Waals surface area contributed by atoms with E-state index in [0.29, 0.717) is 6.04 Å². The molecule has 13 heavy (non-hydrogen) atoms. The van der Waals surface area contributed by atoms with Crippen molar-refractivity contribution < 1.29 is 0 Å². The molecule has 3 heterocycles. The van der Waals surface area contributed by atoms with E-state index in [1.807, 2.05) is 0 Å². The van der Waals surface area contributed by atoms with Gasteiger partial charge in [-0.05, 0) is 13.3 Å². The Balaban J connectivity index is 1.78. The summed E-state index contributed by atoms with van der Waals surface area (Å²) >= 11 is 0. The van der Waals surface area contributed by atoms with Gasteiger partial charge in [0.1, 0.15) is 0 Å². The van der Waals surface area contributed by atoms with E-state index in [1.54, 1.807) is 0 Å². The number of unbranched alkanes of at least 4 members (excludes halogenated alkanes) is 1. The maximum atomic E-state index is 3.49. The van der Waals surface area contributed by atoms with E-state index >= 15 is 0 Å². The summed E-state index contributed by atoms with van der Waals surface area (Å²) in [5.74, 6) is 0. The number of hydrogen-bond acceptors (Lipinski definition) is 3. The summed E-state index contributed by atoms with van der Waals surface area (Å²) in [6.45, 7) is 8.23. The third-order valence-corrected chi connectivity index (χ3v) is 3.26. The highest BCUT2D eigenvalue weighted by molar-refractivity contribution is 4.91. The van der Waals surface area contributed by atoms with Crippen LogP contribution in [0, 0.1) is 0 Å². The Labute approximate surface area is 81.1 Å². The Bertz CT molecular complexity index is 163. The van der Waals surface area contributed by atoms with Crippen LogP contribution in [0.15, 0.2) is 0 Å². The molecule has 2 bridgehead atoms. The van der Waals surface area contributed by atoms with Crippen LogP contribution in [0.2, 0.25) is 0 Å². The SMILES string of the molecule is CCCCC(C)N1NCN2CC1C2. The Morgan fingerprint density at radius 1 is 1.46 bits per heavy atom. The fraction of sp³-hybridized carbons (Fsp3) is 1.00. The first-order valence-electron chi connectivity index (χ1n) is 5.55. The van der Waals surface area contributed by atoms with Crippen molar-refractivity contribution in [3.63, 3.8) is 0 Å². The topological polar surface area (TPSA) is 18.5 Å². The standard InChI is InChI=1S/C10H21N3/c1-3-4-5-9(2)13-10-6-12(7-10)8-11-13/h9-11H,3-8H2,1-2H3. The second-order valence-electron chi connectivity index (χ2n) is 4.40. The molecule has 0 aromatic heterocycles. The highest BCUT2D eigenvalue weighted by Crippen LogP contribution is 2.21. The molecular formula is C10H21N3. The summed E-state index contributed by atoms with van der Waals surface area (Å²) < 4.78 is 0. The number of fused-ring (bicyclic) bond motifs is 2. The zero-order chi connectivity index (χ0) is 9.26. The van der Waals surface area contributed by atoms with Gasteiger partial charge in [-0.25, -0.2) is 10.4 Å². The number of nitrogens with one attached hydrogen (secondary N) is 1. The Kier molecular flexibility index (Phi) is 2.86. The van der Waals surface area contributed by atoms with Crippen molar-refractivity contribution in [2.75, 3.05) is 19.8 Å². The lowest BCUT2D eigenvalue weighted by Crippen LogP contribution is -2.73. The van der Waals surface area contributed by atoms with Gasteiger partial charge < -0.3 is 0 Å². The van der Waals surface area contributed by atoms with Crippen LogP contribution in [0.4, 0.5) is 0 Å². The quantitative estimate of drug-likeness (QED) is 0.702. The van der Waals surface area contributed by atoms with E-state index in [2.05, 4.69) is 29.2 Å². The molecule has 3 aliphatic rings. The van der Waals surface area contributed by atoms with Crippen LogP contribution in [0.5, 0.6) is 0 Å². The molecule has 1 N–H and O–H groups in total. The van der Waals surface area contributed by atoms with Crippen LogP contribution in [0.3, 0.4) is 0 Å². The predicted octanol–water partition coefficient (Wildman–Crippen LogP) is 1.03. The molecule has 76 valence electrons. The number of rotatable bonds is 4. The van der Waals surface area contributed by atoms with Crippen LogP contribution < -0.4 is 5.43 Å². The third kappa shape index (κ3) is 1.87. The molecule has 0 saturated carbocycles. The van der Waals surface area contributed by atoms with Crippen LogP contribution in [0.1, 0.15) is 33.1 Å². The van der Waals surface area contributed by atoms with E-state index in [4.69, 9.17) is 0 Å². The summed E-state index contributed by atoms with van der Waals surface area (Å²) in [6.07, 6.45) is 4.00. The highest BCUT2D eigenvalue weighted by atomic mass is 15.6. The molecular weight excluding hydrogens is 162 g/mol. The molecule has 3 saturated heterocycles. The molecule has 3 aliphatic heterocycles. The Hall–Kier alpha value is -0.120. The summed E-state index contributed by atoms with van der Waals surface area (Å²) in [6, 6.07) is 1.51. The van der Waals surface area contributed by atoms with Gasteiger partial charge in [0.15, 0.2) is 0 Å². The average Bonchev–Trinajstić information content (AvgIpc) is 2.13. The van der Waals surface area contributed by atoms with Gasteiger partial charge in [-0.15, -0.1) is 0 Å². The molecule has 0 aromatic rings. The molecule has 1 atom stereocenters. The maximum Gasteiger partial charge on any atom is 0.0618 e. The summed E-state index contributed by atoms with van der Waals surface area (Å²) in [4.78, 5) is 2.45. The fourth-order valence-corrected chi connectivity index (χ4v) is 2.31. The first kappa shape index (κ1) is 9.44. The van der Waals surface area contributed by atoms with Gasteiger partial charge in [0.25, 0.3) is 0 Å². The molecule has 0 spiro atoms. The van der Waals surface area contributed by atoms with Crippen molar-refractivity contribution in [1.82, 2.24) is 15.3 Å². The van der Waals surface area contributed by atoms with Crippen molar-refractivity contribution in [2.45, 2.75) is 45.2 Å². The van der Waals surface area contributed by atoms with Gasteiger partial charge in [-0.3, -0.25) is 4.90 Å². The van der Waals surface area contributed by atoms with Gasteiger partial charge in [-0.2, -0.15) is 0 Å². The van der Waals surface area contributed by atoms with Gasteiger partial charge in [0, 0.05) is 19.1 Å². The van der Waals surface area contributed by atoms with E-state index in [1.165, 1.54) is 32.4 Å². The highest BCUT2D eigenvalue weighted by Gasteiger charge is 2.38. The van der Waals surface area contributed by atoms with Gasteiger partial charge in [0.2, 0.25) is 0 Å². The van der Waals surface area contributed by atoms with Crippen molar-refractivity contribution in [2.24, 2.45) is 0 Å². The van der Waals surface area contributed by atoms with Crippen molar-refractivity contribution in [3.05, 3.63) is 0 Å².